The van der Waals surface area contributed by atoms with Crippen LogP contribution in [0.1, 0.15) is 5.56 Å². The minimum absolute atomic E-state index is 0.180. The first-order chi connectivity index (χ1) is 8.89. The van der Waals surface area contributed by atoms with Crippen LogP contribution in [-0.2, 0) is 0 Å². The van der Waals surface area contributed by atoms with Crippen LogP contribution in [0, 0.1) is 6.92 Å². The summed E-state index contributed by atoms with van der Waals surface area (Å²) in [5, 5.41) is 0. The van der Waals surface area contributed by atoms with Gasteiger partial charge in [0.25, 0.3) is 0 Å². The predicted molar refractivity (Wildman–Crippen MR) is 63.2 cm³/mol. The number of benzene rings is 1. The molecule has 1 nitrogen and oxygen atoms in total. The smallest absolute Gasteiger partial charge is 0.239 e. The number of aryl methyl sites for hydroxylation is 1. The Labute approximate surface area is 117 Å². The number of aliphatic imine (C=N–C) groups is 1. The second kappa shape index (κ2) is 5.34. The van der Waals surface area contributed by atoms with Gasteiger partial charge in [-0.3, -0.25) is 0 Å². The molecular weight excluding hydrogens is 359 g/mol. The highest BCUT2D eigenvalue weighted by Crippen LogP contribution is 2.48. The Bertz CT molecular complexity index is 504. The van der Waals surface area contributed by atoms with Crippen molar-refractivity contribution in [1.82, 2.24) is 0 Å². The van der Waals surface area contributed by atoms with E-state index in [9.17, 15) is 30.7 Å². The van der Waals surface area contributed by atoms with Crippen LogP contribution in [-0.4, -0.2) is 22.6 Å². The summed E-state index contributed by atoms with van der Waals surface area (Å²) in [6, 6.07) is 5.30. The Morgan fingerprint density at radius 2 is 1.40 bits per heavy atom. The lowest BCUT2D eigenvalue weighted by molar-refractivity contribution is -0.335. The van der Waals surface area contributed by atoms with Crippen LogP contribution in [0.3, 0.4) is 0 Å². The van der Waals surface area contributed by atoms with Gasteiger partial charge in [0.05, 0.1) is 5.69 Å². The fourth-order valence-electron chi connectivity index (χ4n) is 1.11. The molecule has 1 aromatic carbocycles. The molecule has 0 bridgehead atoms. The molecule has 0 spiro atoms. The summed E-state index contributed by atoms with van der Waals surface area (Å²) in [4.78, 5) is 3.05. The molecule has 0 aromatic heterocycles. The van der Waals surface area contributed by atoms with Crippen LogP contribution < -0.4 is 0 Å². The highest BCUT2D eigenvalue weighted by Gasteiger charge is 2.74. The summed E-state index contributed by atoms with van der Waals surface area (Å²) < 4.78 is 86.0. The monoisotopic (exact) mass is 365 g/mol. The second-order valence-electron chi connectivity index (χ2n) is 3.88. The van der Waals surface area contributed by atoms with Crippen LogP contribution in [0.15, 0.2) is 29.3 Å². The van der Waals surface area contributed by atoms with Crippen LogP contribution in [0.25, 0.3) is 0 Å². The first-order valence-electron chi connectivity index (χ1n) is 5.03. The van der Waals surface area contributed by atoms with Gasteiger partial charge in [0.2, 0.25) is 0 Å². The van der Waals surface area contributed by atoms with Crippen molar-refractivity contribution < 1.29 is 30.7 Å². The summed E-state index contributed by atoms with van der Waals surface area (Å²) in [6.07, 6.45) is -6.39. The summed E-state index contributed by atoms with van der Waals surface area (Å²) in [7, 11) is 0. The van der Waals surface area contributed by atoms with Gasteiger partial charge in [-0.15, -0.1) is 0 Å². The third-order valence-electron chi connectivity index (χ3n) is 2.27. The van der Waals surface area contributed by atoms with E-state index in [1.165, 1.54) is 24.3 Å². The van der Waals surface area contributed by atoms with Gasteiger partial charge in [-0.05, 0) is 35.0 Å². The second-order valence-corrected chi connectivity index (χ2v) is 4.64. The lowest BCUT2D eigenvalue weighted by atomic mass is 10.2. The maximum absolute atomic E-state index is 13.2. The molecule has 0 amide bonds. The van der Waals surface area contributed by atoms with Crippen LogP contribution in [0.2, 0.25) is 0 Å². The van der Waals surface area contributed by atoms with E-state index in [0.717, 1.165) is 5.56 Å². The third kappa shape index (κ3) is 3.13. The number of hydrogen-bond donors (Lipinski definition) is 0. The first kappa shape index (κ1) is 16.9. The Balaban J connectivity index is 3.17. The average molecular weight is 366 g/mol. The van der Waals surface area contributed by atoms with Gasteiger partial charge in [0.15, 0.2) is 4.62 Å². The molecule has 0 aliphatic heterocycles. The van der Waals surface area contributed by atoms with Crippen molar-refractivity contribution in [2.24, 2.45) is 4.99 Å². The molecule has 0 radical (unpaired) electrons. The van der Waals surface area contributed by atoms with Crippen molar-refractivity contribution >= 4 is 26.2 Å². The highest BCUT2D eigenvalue weighted by molar-refractivity contribution is 9.18. The van der Waals surface area contributed by atoms with E-state index in [1.807, 2.05) is 15.9 Å². The molecule has 1 rings (SSSR count). The van der Waals surface area contributed by atoms with E-state index < -0.39 is 22.6 Å². The maximum Gasteiger partial charge on any atom is 0.460 e. The molecule has 0 atom stereocenters. The molecule has 0 fully saturated rings. The zero-order chi connectivity index (χ0) is 15.8. The summed E-state index contributed by atoms with van der Waals surface area (Å²) >= 11 is 2.00. The summed E-state index contributed by atoms with van der Waals surface area (Å²) in [6.45, 7) is 1.68. The van der Waals surface area contributed by atoms with E-state index in [4.69, 9.17) is 0 Å². The molecule has 0 aliphatic carbocycles. The fraction of sp³-hybridized carbons (Fsp3) is 0.364. The van der Waals surface area contributed by atoms with Crippen molar-refractivity contribution in [2.75, 3.05) is 0 Å². The van der Waals surface area contributed by atoms with Gasteiger partial charge in [-0.25, -0.2) is 4.99 Å². The number of alkyl halides is 7. The average Bonchev–Trinajstić information content (AvgIpc) is 2.30. The van der Waals surface area contributed by atoms with Gasteiger partial charge >= 0.3 is 18.0 Å². The van der Waals surface area contributed by atoms with E-state index in [-0.39, 0.29) is 5.69 Å². The lowest BCUT2D eigenvalue weighted by Crippen LogP contribution is -2.54. The highest BCUT2D eigenvalue weighted by atomic mass is 79.9. The van der Waals surface area contributed by atoms with E-state index in [1.54, 1.807) is 6.92 Å². The van der Waals surface area contributed by atoms with Crippen molar-refractivity contribution in [3.05, 3.63) is 29.8 Å². The van der Waals surface area contributed by atoms with Gasteiger partial charge in [-0.2, -0.15) is 30.7 Å². The number of hydrogen-bond acceptors (Lipinski definition) is 1. The van der Waals surface area contributed by atoms with Gasteiger partial charge in [0, 0.05) is 0 Å². The van der Waals surface area contributed by atoms with E-state index in [0.29, 0.717) is 0 Å². The molecule has 0 N–H and O–H groups in total. The summed E-state index contributed by atoms with van der Waals surface area (Å²) in [5.74, 6) is -11.7. The molecule has 0 saturated carbocycles. The molecule has 0 heterocycles. The van der Waals surface area contributed by atoms with Crippen LogP contribution in [0.4, 0.5) is 36.4 Å². The molecule has 1 aromatic rings. The van der Waals surface area contributed by atoms with Crippen molar-refractivity contribution in [1.29, 1.82) is 0 Å². The summed E-state index contributed by atoms with van der Waals surface area (Å²) in [5.41, 5.74) is 0.563. The molecule has 0 aliphatic rings. The number of rotatable bonds is 3. The SMILES string of the molecule is Cc1ccc(N=C(Br)C(F)(F)C(F)(F)C(F)(F)F)cc1. The molecule has 112 valence electrons. The van der Waals surface area contributed by atoms with Crippen molar-refractivity contribution in [3.8, 4) is 0 Å². The quantitative estimate of drug-likeness (QED) is 0.512. The molecule has 0 unspecified atom stereocenters. The molecular formula is C11H7BrF7N. The number of nitrogens with zero attached hydrogens (tertiary/aromatic N) is 1. The van der Waals surface area contributed by atoms with Crippen LogP contribution >= 0.6 is 15.9 Å². The number of halogens is 8. The molecule has 0 saturated heterocycles. The molecule has 20 heavy (non-hydrogen) atoms. The van der Waals surface area contributed by atoms with E-state index >= 15 is 0 Å². The Morgan fingerprint density at radius 1 is 0.950 bits per heavy atom. The Kier molecular flexibility index (Phi) is 4.52. The first-order valence-corrected chi connectivity index (χ1v) is 5.82. The maximum atomic E-state index is 13.2. The largest absolute Gasteiger partial charge is 0.460 e. The Hall–Kier alpha value is -1.12. The van der Waals surface area contributed by atoms with Gasteiger partial charge in [0.1, 0.15) is 0 Å². The van der Waals surface area contributed by atoms with Crippen molar-refractivity contribution in [2.45, 2.75) is 24.9 Å². The lowest BCUT2D eigenvalue weighted by Gasteiger charge is -2.27. The van der Waals surface area contributed by atoms with Gasteiger partial charge < -0.3 is 0 Å². The topological polar surface area (TPSA) is 12.4 Å². The van der Waals surface area contributed by atoms with E-state index in [2.05, 4.69) is 4.99 Å². The Morgan fingerprint density at radius 3 is 1.80 bits per heavy atom. The zero-order valence-corrected chi connectivity index (χ0v) is 11.4. The minimum atomic E-state index is -6.39. The minimum Gasteiger partial charge on any atom is -0.239 e. The standard InChI is InChI=1S/C11H7BrF7N/c1-6-2-4-7(5-3-6)20-8(12)9(13,14)10(15,16)11(17,18)19/h2-5H,1H3. The predicted octanol–water partition coefficient (Wildman–Crippen LogP) is 5.25. The third-order valence-corrected chi connectivity index (χ3v) is 2.95. The fourth-order valence-corrected chi connectivity index (χ4v) is 1.56. The van der Waals surface area contributed by atoms with Crippen LogP contribution in [0.5, 0.6) is 0 Å². The molecule has 9 heteroatoms. The van der Waals surface area contributed by atoms with Crippen molar-refractivity contribution in [3.63, 3.8) is 0 Å². The van der Waals surface area contributed by atoms with Gasteiger partial charge in [-0.1, -0.05) is 17.7 Å². The zero-order valence-electron chi connectivity index (χ0n) is 9.78. The normalized spacial score (nSPS) is 14.6.